The molecule has 1 aromatic heterocycles. The van der Waals surface area contributed by atoms with Crippen LogP contribution in [0, 0.1) is 13.8 Å². The second-order valence-electron chi connectivity index (χ2n) is 4.74. The van der Waals surface area contributed by atoms with E-state index in [1.54, 1.807) is 25.6 Å². The van der Waals surface area contributed by atoms with Gasteiger partial charge in [-0.05, 0) is 13.8 Å². The van der Waals surface area contributed by atoms with Crippen LogP contribution in [0.25, 0.3) is 0 Å². The van der Waals surface area contributed by atoms with Gasteiger partial charge in [-0.2, -0.15) is 9.40 Å². The van der Waals surface area contributed by atoms with E-state index in [1.165, 1.54) is 11.4 Å². The molecule has 0 aliphatic carbocycles. The van der Waals surface area contributed by atoms with Crippen molar-refractivity contribution in [3.05, 3.63) is 11.4 Å². The van der Waals surface area contributed by atoms with E-state index in [-0.39, 0.29) is 23.0 Å². The van der Waals surface area contributed by atoms with E-state index in [0.29, 0.717) is 24.4 Å². The van der Waals surface area contributed by atoms with Gasteiger partial charge in [0.05, 0.1) is 23.0 Å². The number of nitrogens with two attached hydrogens (primary N) is 1. The highest BCUT2D eigenvalue weighted by molar-refractivity contribution is 7.89. The zero-order valence-electron chi connectivity index (χ0n) is 12.8. The third-order valence-corrected chi connectivity index (χ3v) is 5.55. The van der Waals surface area contributed by atoms with E-state index in [4.69, 9.17) is 22.7 Å². The smallest absolute Gasteiger partial charge is 0.246 e. The molecule has 0 fully saturated rings. The number of rotatable bonds is 8. The molecule has 120 valence electrons. The van der Waals surface area contributed by atoms with Gasteiger partial charge in [0, 0.05) is 33.7 Å². The summed E-state index contributed by atoms with van der Waals surface area (Å²) < 4.78 is 33.6. The van der Waals surface area contributed by atoms with Crippen LogP contribution in [0.3, 0.4) is 0 Å². The Morgan fingerprint density at radius 3 is 2.48 bits per heavy atom. The van der Waals surface area contributed by atoms with Gasteiger partial charge < -0.3 is 10.5 Å². The molecule has 21 heavy (non-hydrogen) atoms. The number of aromatic nitrogens is 2. The van der Waals surface area contributed by atoms with Crippen LogP contribution < -0.4 is 5.73 Å². The van der Waals surface area contributed by atoms with E-state index in [9.17, 15) is 8.42 Å². The number of aryl methyl sites for hydroxylation is 2. The van der Waals surface area contributed by atoms with Crippen molar-refractivity contribution in [3.8, 4) is 0 Å². The first-order chi connectivity index (χ1) is 9.71. The summed E-state index contributed by atoms with van der Waals surface area (Å²) in [5.41, 5.74) is 6.56. The Balaban J connectivity index is 3.16. The fraction of sp³-hybridized carbons (Fsp3) is 0.667. The Bertz CT molecular complexity index is 610. The fourth-order valence-corrected chi connectivity index (χ4v) is 3.95. The van der Waals surface area contributed by atoms with Crippen molar-refractivity contribution in [3.63, 3.8) is 0 Å². The maximum absolute atomic E-state index is 12.8. The average Bonchev–Trinajstić information content (AvgIpc) is 2.62. The van der Waals surface area contributed by atoms with Gasteiger partial charge >= 0.3 is 0 Å². The SMILES string of the molecule is COCCN(CCC(N)=S)S(=O)(=O)c1c(C)nn(C)c1C. The maximum Gasteiger partial charge on any atom is 0.246 e. The van der Waals surface area contributed by atoms with Crippen molar-refractivity contribution in [2.24, 2.45) is 12.8 Å². The van der Waals surface area contributed by atoms with Crippen LogP contribution in [-0.2, 0) is 21.8 Å². The normalized spacial score (nSPS) is 12.0. The van der Waals surface area contributed by atoms with Crippen molar-refractivity contribution in [2.75, 3.05) is 26.8 Å². The number of thiocarbonyl (C=S) groups is 1. The van der Waals surface area contributed by atoms with Crippen molar-refractivity contribution >= 4 is 27.2 Å². The van der Waals surface area contributed by atoms with Crippen LogP contribution in [0.4, 0.5) is 0 Å². The molecule has 0 unspecified atom stereocenters. The van der Waals surface area contributed by atoms with Crippen LogP contribution in [-0.4, -0.2) is 54.3 Å². The van der Waals surface area contributed by atoms with Gasteiger partial charge in [-0.25, -0.2) is 8.42 Å². The molecular formula is C12H22N4O3S2. The van der Waals surface area contributed by atoms with Crippen LogP contribution >= 0.6 is 12.2 Å². The van der Waals surface area contributed by atoms with Gasteiger partial charge in [-0.1, -0.05) is 12.2 Å². The highest BCUT2D eigenvalue weighted by atomic mass is 32.2. The third-order valence-electron chi connectivity index (χ3n) is 3.19. The quantitative estimate of drug-likeness (QED) is 0.690. The topological polar surface area (TPSA) is 90.4 Å². The molecule has 0 saturated carbocycles. The second kappa shape index (κ2) is 7.30. The molecule has 1 rings (SSSR count). The van der Waals surface area contributed by atoms with Gasteiger partial charge in [-0.15, -0.1) is 0 Å². The third kappa shape index (κ3) is 4.22. The molecule has 2 N–H and O–H groups in total. The lowest BCUT2D eigenvalue weighted by molar-refractivity contribution is 0.179. The molecule has 0 saturated heterocycles. The lowest BCUT2D eigenvalue weighted by atomic mass is 10.4. The van der Waals surface area contributed by atoms with Crippen molar-refractivity contribution in [2.45, 2.75) is 25.2 Å². The number of nitrogens with zero attached hydrogens (tertiary/aromatic N) is 3. The van der Waals surface area contributed by atoms with E-state index in [0.717, 1.165) is 0 Å². The summed E-state index contributed by atoms with van der Waals surface area (Å²) in [6.07, 6.45) is 0.330. The van der Waals surface area contributed by atoms with Gasteiger partial charge in [-0.3, -0.25) is 4.68 Å². The van der Waals surface area contributed by atoms with Crippen LogP contribution in [0.2, 0.25) is 0 Å². The molecule has 0 spiro atoms. The molecule has 1 heterocycles. The predicted octanol–water partition coefficient (Wildman–Crippen LogP) is 0.350. The molecule has 1 aromatic rings. The molecule has 0 atom stereocenters. The summed E-state index contributed by atoms with van der Waals surface area (Å²) in [5, 5.41) is 4.16. The minimum atomic E-state index is -3.65. The zero-order chi connectivity index (χ0) is 16.2. The first-order valence-electron chi connectivity index (χ1n) is 6.49. The van der Waals surface area contributed by atoms with Gasteiger partial charge in [0.25, 0.3) is 0 Å². The fourth-order valence-electron chi connectivity index (χ4n) is 2.04. The summed E-state index contributed by atoms with van der Waals surface area (Å²) in [6, 6.07) is 0. The molecule has 0 amide bonds. The van der Waals surface area contributed by atoms with Crippen LogP contribution in [0.5, 0.6) is 0 Å². The highest BCUT2D eigenvalue weighted by Crippen LogP contribution is 2.23. The standard InChI is InChI=1S/C12H22N4O3S2/c1-9-12(10(2)15(3)14-9)21(17,18)16(7-8-19-4)6-5-11(13)20/h5-8H2,1-4H3,(H2,13,20). The first kappa shape index (κ1) is 18.0. The van der Waals surface area contributed by atoms with Crippen molar-refractivity contribution < 1.29 is 13.2 Å². The maximum atomic E-state index is 12.8. The van der Waals surface area contributed by atoms with E-state index < -0.39 is 10.0 Å². The Morgan fingerprint density at radius 1 is 1.43 bits per heavy atom. The first-order valence-corrected chi connectivity index (χ1v) is 8.34. The van der Waals surface area contributed by atoms with E-state index >= 15 is 0 Å². The van der Waals surface area contributed by atoms with Crippen LogP contribution in [0.1, 0.15) is 17.8 Å². The summed E-state index contributed by atoms with van der Waals surface area (Å²) in [4.78, 5) is 0.524. The molecule has 0 aromatic carbocycles. The largest absolute Gasteiger partial charge is 0.393 e. The zero-order valence-corrected chi connectivity index (χ0v) is 14.4. The van der Waals surface area contributed by atoms with E-state index in [1.807, 2.05) is 0 Å². The second-order valence-corrected chi connectivity index (χ2v) is 7.14. The monoisotopic (exact) mass is 334 g/mol. The number of hydrogen-bond acceptors (Lipinski definition) is 5. The van der Waals surface area contributed by atoms with E-state index in [2.05, 4.69) is 5.10 Å². The number of methoxy groups -OCH3 is 1. The lowest BCUT2D eigenvalue weighted by Gasteiger charge is -2.21. The average molecular weight is 334 g/mol. The minimum absolute atomic E-state index is 0.231. The Labute approximate surface area is 131 Å². The van der Waals surface area contributed by atoms with Crippen molar-refractivity contribution in [1.29, 1.82) is 0 Å². The molecule has 7 nitrogen and oxygen atoms in total. The van der Waals surface area contributed by atoms with Crippen molar-refractivity contribution in [1.82, 2.24) is 14.1 Å². The van der Waals surface area contributed by atoms with Crippen LogP contribution in [0.15, 0.2) is 4.90 Å². The van der Waals surface area contributed by atoms with Gasteiger partial charge in [0.15, 0.2) is 0 Å². The minimum Gasteiger partial charge on any atom is -0.393 e. The molecule has 0 radical (unpaired) electrons. The van der Waals surface area contributed by atoms with Gasteiger partial charge in [0.2, 0.25) is 10.0 Å². The molecule has 0 aliphatic heterocycles. The Kier molecular flexibility index (Phi) is 6.26. The summed E-state index contributed by atoms with van der Waals surface area (Å²) in [5.74, 6) is 0. The Morgan fingerprint density at radius 2 is 2.05 bits per heavy atom. The molecular weight excluding hydrogens is 312 g/mol. The summed E-state index contributed by atoms with van der Waals surface area (Å²) in [7, 11) is -0.410. The lowest BCUT2D eigenvalue weighted by Crippen LogP contribution is -2.36. The predicted molar refractivity (Wildman–Crippen MR) is 84.7 cm³/mol. The van der Waals surface area contributed by atoms with Gasteiger partial charge in [0.1, 0.15) is 4.90 Å². The number of hydrogen-bond donors (Lipinski definition) is 1. The molecule has 0 aliphatic rings. The number of sulfonamides is 1. The summed E-state index contributed by atoms with van der Waals surface area (Å²) >= 11 is 4.83. The molecule has 9 heteroatoms. The number of ether oxygens (including phenoxy) is 1. The summed E-state index contributed by atoms with van der Waals surface area (Å²) in [6.45, 7) is 4.19. The molecule has 0 bridgehead atoms. The highest BCUT2D eigenvalue weighted by Gasteiger charge is 2.30. The Hall–Kier alpha value is -1.03.